The Balaban J connectivity index is 2.06. The molecule has 0 saturated heterocycles. The smallest absolute Gasteiger partial charge is 0.228 e. The SMILES string of the molecule is COc1ccc(NC(=O)Cc2cccc(N)c2)cc1OC. The van der Waals surface area contributed by atoms with Crippen molar-refractivity contribution in [2.45, 2.75) is 6.42 Å². The molecule has 2 aromatic carbocycles. The van der Waals surface area contributed by atoms with Gasteiger partial charge in [0.2, 0.25) is 5.91 Å². The molecule has 0 aliphatic heterocycles. The lowest BCUT2D eigenvalue weighted by molar-refractivity contribution is -0.115. The molecule has 0 unspecified atom stereocenters. The lowest BCUT2D eigenvalue weighted by Crippen LogP contribution is -2.14. The number of hydrogen-bond acceptors (Lipinski definition) is 4. The molecule has 3 N–H and O–H groups in total. The van der Waals surface area contributed by atoms with Gasteiger partial charge in [-0.3, -0.25) is 4.79 Å². The van der Waals surface area contributed by atoms with E-state index < -0.39 is 0 Å². The summed E-state index contributed by atoms with van der Waals surface area (Å²) in [5, 5.41) is 2.82. The topological polar surface area (TPSA) is 73.6 Å². The Morgan fingerprint density at radius 2 is 1.86 bits per heavy atom. The van der Waals surface area contributed by atoms with E-state index in [1.165, 1.54) is 0 Å². The first-order valence-electron chi connectivity index (χ1n) is 6.48. The van der Waals surface area contributed by atoms with Crippen LogP contribution in [0.2, 0.25) is 0 Å². The van der Waals surface area contributed by atoms with E-state index in [1.54, 1.807) is 44.6 Å². The minimum atomic E-state index is -0.118. The van der Waals surface area contributed by atoms with Crippen molar-refractivity contribution in [3.63, 3.8) is 0 Å². The molecule has 0 aliphatic rings. The highest BCUT2D eigenvalue weighted by Crippen LogP contribution is 2.29. The van der Waals surface area contributed by atoms with Crippen LogP contribution < -0.4 is 20.5 Å². The Morgan fingerprint density at radius 3 is 2.52 bits per heavy atom. The highest BCUT2D eigenvalue weighted by Gasteiger charge is 2.08. The highest BCUT2D eigenvalue weighted by atomic mass is 16.5. The fraction of sp³-hybridized carbons (Fsp3) is 0.188. The van der Waals surface area contributed by atoms with Crippen LogP contribution in [0.3, 0.4) is 0 Å². The number of hydrogen-bond donors (Lipinski definition) is 2. The zero-order valence-corrected chi connectivity index (χ0v) is 12.1. The van der Waals surface area contributed by atoms with Gasteiger partial charge in [-0.25, -0.2) is 0 Å². The Labute approximate surface area is 123 Å². The molecule has 1 amide bonds. The number of carbonyl (C=O) groups excluding carboxylic acids is 1. The summed E-state index contributed by atoms with van der Waals surface area (Å²) in [4.78, 5) is 12.0. The van der Waals surface area contributed by atoms with Gasteiger partial charge in [-0.15, -0.1) is 0 Å². The van der Waals surface area contributed by atoms with Gasteiger partial charge in [0.1, 0.15) is 0 Å². The second-order valence-electron chi connectivity index (χ2n) is 4.54. The first kappa shape index (κ1) is 14.7. The molecule has 2 aromatic rings. The predicted molar refractivity (Wildman–Crippen MR) is 82.7 cm³/mol. The molecule has 2 rings (SSSR count). The number of carbonyl (C=O) groups is 1. The summed E-state index contributed by atoms with van der Waals surface area (Å²) in [6.07, 6.45) is 0.263. The van der Waals surface area contributed by atoms with E-state index in [2.05, 4.69) is 5.32 Å². The first-order chi connectivity index (χ1) is 10.1. The number of anilines is 2. The number of nitrogens with one attached hydrogen (secondary N) is 1. The van der Waals surface area contributed by atoms with E-state index in [4.69, 9.17) is 15.2 Å². The summed E-state index contributed by atoms with van der Waals surface area (Å²) in [5.74, 6) is 1.07. The van der Waals surface area contributed by atoms with Crippen LogP contribution in [0.1, 0.15) is 5.56 Å². The van der Waals surface area contributed by atoms with E-state index in [0.29, 0.717) is 22.9 Å². The molecule has 0 heterocycles. The Morgan fingerprint density at radius 1 is 1.10 bits per heavy atom. The van der Waals surface area contributed by atoms with Gasteiger partial charge in [0.15, 0.2) is 11.5 Å². The van der Waals surface area contributed by atoms with Crippen LogP contribution >= 0.6 is 0 Å². The minimum absolute atomic E-state index is 0.118. The van der Waals surface area contributed by atoms with E-state index >= 15 is 0 Å². The quantitative estimate of drug-likeness (QED) is 0.828. The zero-order chi connectivity index (χ0) is 15.2. The maximum absolute atomic E-state index is 12.0. The predicted octanol–water partition coefficient (Wildman–Crippen LogP) is 2.47. The van der Waals surface area contributed by atoms with E-state index in [9.17, 15) is 4.79 Å². The van der Waals surface area contributed by atoms with Crippen LogP contribution in [0.15, 0.2) is 42.5 Å². The largest absolute Gasteiger partial charge is 0.493 e. The fourth-order valence-corrected chi connectivity index (χ4v) is 2.01. The first-order valence-corrected chi connectivity index (χ1v) is 6.48. The lowest BCUT2D eigenvalue weighted by atomic mass is 10.1. The van der Waals surface area contributed by atoms with Crippen LogP contribution in [-0.2, 0) is 11.2 Å². The Hall–Kier alpha value is -2.69. The summed E-state index contributed by atoms with van der Waals surface area (Å²) < 4.78 is 10.4. The van der Waals surface area contributed by atoms with Gasteiger partial charge in [0.25, 0.3) is 0 Å². The van der Waals surface area contributed by atoms with Gasteiger partial charge in [-0.2, -0.15) is 0 Å². The van der Waals surface area contributed by atoms with Gasteiger partial charge < -0.3 is 20.5 Å². The second-order valence-corrected chi connectivity index (χ2v) is 4.54. The maximum Gasteiger partial charge on any atom is 0.228 e. The van der Waals surface area contributed by atoms with Crippen LogP contribution in [0.4, 0.5) is 11.4 Å². The number of methoxy groups -OCH3 is 2. The van der Waals surface area contributed by atoms with Gasteiger partial charge in [0.05, 0.1) is 20.6 Å². The molecule has 21 heavy (non-hydrogen) atoms. The summed E-state index contributed by atoms with van der Waals surface area (Å²) in [6, 6.07) is 12.5. The summed E-state index contributed by atoms with van der Waals surface area (Å²) >= 11 is 0. The summed E-state index contributed by atoms with van der Waals surface area (Å²) in [6.45, 7) is 0. The average molecular weight is 286 g/mol. The highest BCUT2D eigenvalue weighted by molar-refractivity contribution is 5.92. The third kappa shape index (κ3) is 3.89. The molecule has 5 heteroatoms. The zero-order valence-electron chi connectivity index (χ0n) is 12.1. The van der Waals surface area contributed by atoms with Crippen molar-refractivity contribution < 1.29 is 14.3 Å². The third-order valence-corrected chi connectivity index (χ3v) is 2.98. The molecule has 0 spiro atoms. The molecule has 0 fully saturated rings. The molecule has 0 aromatic heterocycles. The van der Waals surface area contributed by atoms with E-state index in [1.807, 2.05) is 12.1 Å². The minimum Gasteiger partial charge on any atom is -0.493 e. The number of nitrogens with two attached hydrogens (primary N) is 1. The van der Waals surface area contributed by atoms with Crippen LogP contribution in [0.5, 0.6) is 11.5 Å². The maximum atomic E-state index is 12.0. The van der Waals surface area contributed by atoms with Gasteiger partial charge in [-0.1, -0.05) is 12.1 Å². The number of nitrogen functional groups attached to an aromatic ring is 1. The van der Waals surface area contributed by atoms with Crippen molar-refractivity contribution in [2.24, 2.45) is 0 Å². The molecule has 0 atom stereocenters. The Bertz CT molecular complexity index is 641. The van der Waals surface area contributed by atoms with Crippen LogP contribution in [0, 0.1) is 0 Å². The fourth-order valence-electron chi connectivity index (χ4n) is 2.01. The van der Waals surface area contributed by atoms with Crippen molar-refractivity contribution in [1.29, 1.82) is 0 Å². The lowest BCUT2D eigenvalue weighted by Gasteiger charge is -2.10. The summed E-state index contributed by atoms with van der Waals surface area (Å²) in [5.41, 5.74) is 7.86. The number of ether oxygens (including phenoxy) is 2. The molecule has 0 saturated carbocycles. The van der Waals surface area contributed by atoms with Crippen molar-refractivity contribution in [3.8, 4) is 11.5 Å². The summed E-state index contributed by atoms with van der Waals surface area (Å²) in [7, 11) is 3.12. The van der Waals surface area contributed by atoms with Gasteiger partial charge >= 0.3 is 0 Å². The van der Waals surface area contributed by atoms with Crippen molar-refractivity contribution in [1.82, 2.24) is 0 Å². The average Bonchev–Trinajstić information content (AvgIpc) is 2.47. The van der Waals surface area contributed by atoms with Gasteiger partial charge in [-0.05, 0) is 29.8 Å². The van der Waals surface area contributed by atoms with Crippen molar-refractivity contribution in [3.05, 3.63) is 48.0 Å². The second kappa shape index (κ2) is 6.65. The standard InChI is InChI=1S/C16H18N2O3/c1-20-14-7-6-13(10-15(14)21-2)18-16(19)9-11-4-3-5-12(17)8-11/h3-8,10H,9,17H2,1-2H3,(H,18,19). The molecule has 5 nitrogen and oxygen atoms in total. The van der Waals surface area contributed by atoms with Gasteiger partial charge in [0, 0.05) is 17.4 Å². The normalized spacial score (nSPS) is 10.0. The number of benzene rings is 2. The molecule has 110 valence electrons. The molecule has 0 radical (unpaired) electrons. The number of rotatable bonds is 5. The molecular weight excluding hydrogens is 268 g/mol. The third-order valence-electron chi connectivity index (χ3n) is 2.98. The van der Waals surface area contributed by atoms with E-state index in [0.717, 1.165) is 5.56 Å². The molecular formula is C16H18N2O3. The Kier molecular flexibility index (Phi) is 4.66. The van der Waals surface area contributed by atoms with Crippen LogP contribution in [-0.4, -0.2) is 20.1 Å². The monoisotopic (exact) mass is 286 g/mol. The van der Waals surface area contributed by atoms with Crippen molar-refractivity contribution >= 4 is 17.3 Å². The number of amides is 1. The molecule has 0 bridgehead atoms. The van der Waals surface area contributed by atoms with Crippen molar-refractivity contribution in [2.75, 3.05) is 25.3 Å². The van der Waals surface area contributed by atoms with Crippen LogP contribution in [0.25, 0.3) is 0 Å². The van der Waals surface area contributed by atoms with E-state index in [-0.39, 0.29) is 12.3 Å². The molecule has 0 aliphatic carbocycles.